The van der Waals surface area contributed by atoms with Crippen molar-refractivity contribution in [1.82, 2.24) is 10.2 Å². The van der Waals surface area contributed by atoms with Crippen LogP contribution in [-0.4, -0.2) is 43.0 Å². The Morgan fingerprint density at radius 3 is 3.09 bits per heavy atom. The summed E-state index contributed by atoms with van der Waals surface area (Å²) in [5.41, 5.74) is 6.88. The number of hydrogen-bond donors (Lipinski definition) is 3. The number of alkyl halides is 1. The van der Waals surface area contributed by atoms with Crippen LogP contribution < -0.4 is 16.4 Å². The molecule has 1 aromatic carbocycles. The summed E-state index contributed by atoms with van der Waals surface area (Å²) in [5.74, 6) is 1.03. The van der Waals surface area contributed by atoms with E-state index in [1.165, 1.54) is 0 Å². The molecule has 4 N–H and O–H groups in total. The minimum atomic E-state index is -2.33. The van der Waals surface area contributed by atoms with Crippen molar-refractivity contribution in [1.29, 1.82) is 0 Å². The second-order valence-corrected chi connectivity index (χ2v) is 5.76. The number of aliphatic imine (C=N–C) groups is 1. The number of furan rings is 1. The number of nitrogens with zero attached hydrogens (tertiary/aromatic N) is 2. The molecular weight excluding hydrogens is 285 g/mol. The van der Waals surface area contributed by atoms with Crippen molar-refractivity contribution in [2.45, 2.75) is 18.5 Å². The van der Waals surface area contributed by atoms with Gasteiger partial charge in [-0.15, -0.1) is 0 Å². The molecule has 1 fully saturated rings. The van der Waals surface area contributed by atoms with Crippen molar-refractivity contribution >= 4 is 22.5 Å². The predicted molar refractivity (Wildman–Crippen MR) is 83.4 cm³/mol. The molecule has 2 aromatic rings. The largest absolute Gasteiger partial charge is 0.451 e. The number of nitrogens with one attached hydrogen (secondary N) is 2. The molecule has 4 rings (SSSR count). The third-order valence-electron chi connectivity index (χ3n) is 4.26. The van der Waals surface area contributed by atoms with Crippen molar-refractivity contribution in [2.24, 2.45) is 10.7 Å². The van der Waals surface area contributed by atoms with E-state index in [0.29, 0.717) is 28.9 Å². The van der Waals surface area contributed by atoms with Gasteiger partial charge in [0.1, 0.15) is 5.58 Å². The Labute approximate surface area is 127 Å². The van der Waals surface area contributed by atoms with Gasteiger partial charge in [-0.25, -0.2) is 0 Å². The number of likely N-dealkylation sites (N-methyl/N-ethyl adjacent to an activating group) is 1. The Balaban J connectivity index is 1.82. The van der Waals surface area contributed by atoms with Crippen LogP contribution in [0.5, 0.6) is 0 Å². The average molecular weight is 303 g/mol. The van der Waals surface area contributed by atoms with Crippen molar-refractivity contribution in [3.63, 3.8) is 0 Å². The normalized spacial score (nSPS) is 27.7. The van der Waals surface area contributed by atoms with E-state index in [9.17, 15) is 4.39 Å². The second-order valence-electron chi connectivity index (χ2n) is 5.76. The lowest BCUT2D eigenvalue weighted by Crippen LogP contribution is -2.47. The number of fused-ring (bicyclic) bond motifs is 3. The molecule has 22 heavy (non-hydrogen) atoms. The average Bonchev–Trinajstić information content (AvgIpc) is 3.10. The topological polar surface area (TPSA) is 78.8 Å². The number of halogens is 1. The smallest absolute Gasteiger partial charge is 0.336 e. The van der Waals surface area contributed by atoms with Crippen LogP contribution in [-0.2, 0) is 0 Å². The summed E-state index contributed by atoms with van der Waals surface area (Å²) >= 11 is 0. The minimum Gasteiger partial charge on any atom is -0.451 e. The van der Waals surface area contributed by atoms with Crippen LogP contribution in [0.4, 0.5) is 10.1 Å². The molecule has 0 spiro atoms. The Morgan fingerprint density at radius 1 is 1.50 bits per heavy atom. The van der Waals surface area contributed by atoms with Gasteiger partial charge in [0, 0.05) is 24.5 Å². The maximum atomic E-state index is 14.4. The van der Waals surface area contributed by atoms with Crippen LogP contribution in [0.1, 0.15) is 12.2 Å². The van der Waals surface area contributed by atoms with Gasteiger partial charge in [-0.2, -0.15) is 9.38 Å². The van der Waals surface area contributed by atoms with E-state index in [0.717, 1.165) is 24.9 Å². The van der Waals surface area contributed by atoms with Gasteiger partial charge in [0.25, 0.3) is 0 Å². The van der Waals surface area contributed by atoms with E-state index >= 15 is 0 Å². The number of likely N-dealkylation sites (tertiary alicyclic amines) is 1. The predicted octanol–water partition coefficient (Wildman–Crippen LogP) is 1.44. The van der Waals surface area contributed by atoms with Gasteiger partial charge in [-0.05, 0) is 25.6 Å². The van der Waals surface area contributed by atoms with E-state index in [2.05, 4.69) is 15.6 Å². The highest BCUT2D eigenvalue weighted by Crippen LogP contribution is 2.37. The standard InChI is InChI=1S/C15H18FN5O/c1-18-9-6-7-21(8-9)14-13-12(19-15(16,17)20-14)10-4-2-3-5-11(10)22-13/h2-5,9,18-19H,6-8,17H2,1H3/t9-,15?/m1/s1. The molecule has 1 aromatic heterocycles. The zero-order valence-electron chi connectivity index (χ0n) is 12.3. The first-order valence-corrected chi connectivity index (χ1v) is 7.37. The third kappa shape index (κ3) is 2.05. The van der Waals surface area contributed by atoms with Gasteiger partial charge in [0.05, 0.1) is 5.69 Å². The summed E-state index contributed by atoms with van der Waals surface area (Å²) in [6.07, 6.45) is 0.975. The fraction of sp³-hybridized carbons (Fsp3) is 0.400. The van der Waals surface area contributed by atoms with Gasteiger partial charge in [-0.3, -0.25) is 5.73 Å². The molecule has 0 saturated carbocycles. The quantitative estimate of drug-likeness (QED) is 0.695. The molecule has 2 atom stereocenters. The zero-order valence-corrected chi connectivity index (χ0v) is 12.3. The first-order valence-electron chi connectivity index (χ1n) is 7.37. The van der Waals surface area contributed by atoms with E-state index in [-0.39, 0.29) is 0 Å². The number of anilines is 1. The molecule has 1 saturated heterocycles. The number of para-hydroxylation sites is 1. The van der Waals surface area contributed by atoms with Crippen LogP contribution in [0, 0.1) is 0 Å². The van der Waals surface area contributed by atoms with Crippen molar-refractivity contribution in [2.75, 3.05) is 25.5 Å². The van der Waals surface area contributed by atoms with Crippen LogP contribution in [0.25, 0.3) is 11.0 Å². The van der Waals surface area contributed by atoms with Crippen LogP contribution in [0.2, 0.25) is 0 Å². The molecular formula is C15H18FN5O. The van der Waals surface area contributed by atoms with Gasteiger partial charge in [-0.1, -0.05) is 12.1 Å². The van der Waals surface area contributed by atoms with Crippen LogP contribution in [0.3, 0.4) is 0 Å². The SMILES string of the molecule is CN[C@@H]1CCN(C2=NC(N)(F)Nc3c2oc2ccccc32)C1. The van der Waals surface area contributed by atoms with E-state index in [4.69, 9.17) is 10.2 Å². The maximum Gasteiger partial charge on any atom is 0.336 e. The van der Waals surface area contributed by atoms with Crippen molar-refractivity contribution in [3.05, 3.63) is 30.0 Å². The minimum absolute atomic E-state index is 0.359. The lowest BCUT2D eigenvalue weighted by Gasteiger charge is -2.29. The molecule has 2 aliphatic rings. The summed E-state index contributed by atoms with van der Waals surface area (Å²) in [6, 6.07) is 5.53. The Kier molecular flexibility index (Phi) is 2.88. The van der Waals surface area contributed by atoms with Crippen LogP contribution >= 0.6 is 0 Å². The van der Waals surface area contributed by atoms with E-state index in [1.54, 1.807) is 0 Å². The highest BCUT2D eigenvalue weighted by atomic mass is 19.2. The monoisotopic (exact) mass is 303 g/mol. The molecule has 7 heteroatoms. The van der Waals surface area contributed by atoms with E-state index in [1.807, 2.05) is 36.2 Å². The summed E-state index contributed by atoms with van der Waals surface area (Å²) < 4.78 is 20.3. The molecule has 6 nitrogen and oxygen atoms in total. The maximum absolute atomic E-state index is 14.4. The lowest BCUT2D eigenvalue weighted by molar-refractivity contribution is 0.219. The van der Waals surface area contributed by atoms with Gasteiger partial charge >= 0.3 is 6.04 Å². The molecule has 3 heterocycles. The number of benzene rings is 1. The Morgan fingerprint density at radius 2 is 2.32 bits per heavy atom. The lowest BCUT2D eigenvalue weighted by atomic mass is 10.2. The number of rotatable bonds is 1. The summed E-state index contributed by atoms with van der Waals surface area (Å²) in [6.45, 7) is 1.54. The molecule has 116 valence electrons. The molecule has 0 radical (unpaired) electrons. The fourth-order valence-corrected chi connectivity index (χ4v) is 3.14. The Bertz CT molecular complexity index is 753. The number of nitrogens with two attached hydrogens (primary N) is 1. The van der Waals surface area contributed by atoms with Gasteiger partial charge < -0.3 is 20.0 Å². The Hall–Kier alpha value is -2.12. The molecule has 0 aliphatic carbocycles. The highest BCUT2D eigenvalue weighted by Gasteiger charge is 2.38. The summed E-state index contributed by atoms with van der Waals surface area (Å²) in [4.78, 5) is 6.04. The van der Waals surface area contributed by atoms with Crippen LogP contribution in [0.15, 0.2) is 33.7 Å². The summed E-state index contributed by atoms with van der Waals surface area (Å²) in [7, 11) is 1.92. The first-order chi connectivity index (χ1) is 10.6. The van der Waals surface area contributed by atoms with Crippen molar-refractivity contribution in [3.8, 4) is 0 Å². The molecule has 0 amide bonds. The summed E-state index contributed by atoms with van der Waals surface area (Å²) in [5, 5.41) is 6.67. The fourth-order valence-electron chi connectivity index (χ4n) is 3.14. The zero-order chi connectivity index (χ0) is 15.3. The molecule has 2 aliphatic heterocycles. The molecule has 0 bridgehead atoms. The third-order valence-corrected chi connectivity index (χ3v) is 4.26. The second kappa shape index (κ2) is 4.69. The van der Waals surface area contributed by atoms with Gasteiger partial charge in [0.2, 0.25) is 0 Å². The van der Waals surface area contributed by atoms with Crippen molar-refractivity contribution < 1.29 is 8.81 Å². The molecule has 1 unspecified atom stereocenters. The van der Waals surface area contributed by atoms with E-state index < -0.39 is 6.04 Å². The highest BCUT2D eigenvalue weighted by molar-refractivity contribution is 6.10. The number of hydrogen-bond acceptors (Lipinski definition) is 6. The number of amidine groups is 1. The van der Waals surface area contributed by atoms with Gasteiger partial charge in [0.15, 0.2) is 11.6 Å². The first kappa shape index (κ1) is 13.5.